The number of piperazine rings is 1. The zero-order valence-electron chi connectivity index (χ0n) is 13.2. The van der Waals surface area contributed by atoms with Gasteiger partial charge in [0.05, 0.1) is 11.6 Å². The van der Waals surface area contributed by atoms with Crippen molar-refractivity contribution in [3.8, 4) is 11.8 Å². The molecule has 0 spiro atoms. The molecular formula is C19H21N3O. The predicted octanol–water partition coefficient (Wildman–Crippen LogP) is 2.58. The van der Waals surface area contributed by atoms with Gasteiger partial charge in [-0.1, -0.05) is 24.3 Å². The molecule has 0 aliphatic carbocycles. The summed E-state index contributed by atoms with van der Waals surface area (Å²) < 4.78 is 0. The van der Waals surface area contributed by atoms with E-state index >= 15 is 0 Å². The van der Waals surface area contributed by atoms with Gasteiger partial charge >= 0.3 is 0 Å². The van der Waals surface area contributed by atoms with Crippen LogP contribution in [0.1, 0.15) is 16.7 Å². The first-order valence-electron chi connectivity index (χ1n) is 7.94. The van der Waals surface area contributed by atoms with Gasteiger partial charge in [-0.2, -0.15) is 5.26 Å². The summed E-state index contributed by atoms with van der Waals surface area (Å²) in [7, 11) is 0. The third kappa shape index (κ3) is 4.32. The SMILES string of the molecule is N#Cc1ccc(CN2CCN(Cc3cccc(O)c3)CC2)cc1. The van der Waals surface area contributed by atoms with Gasteiger partial charge in [0, 0.05) is 39.3 Å². The second kappa shape index (κ2) is 7.28. The standard InChI is InChI=1S/C19H21N3O/c20-13-16-4-6-17(7-5-16)14-21-8-10-22(11-9-21)15-18-2-1-3-19(23)12-18/h1-7,12,23H,8-11,14-15H2. The number of phenols is 1. The van der Waals surface area contributed by atoms with E-state index in [0.717, 1.165) is 44.8 Å². The molecule has 1 heterocycles. The van der Waals surface area contributed by atoms with Gasteiger partial charge in [0.1, 0.15) is 5.75 Å². The fourth-order valence-corrected chi connectivity index (χ4v) is 2.96. The van der Waals surface area contributed by atoms with Gasteiger partial charge in [0.15, 0.2) is 0 Å². The minimum Gasteiger partial charge on any atom is -0.508 e. The van der Waals surface area contributed by atoms with Gasteiger partial charge in [-0.3, -0.25) is 9.80 Å². The molecule has 1 aliphatic heterocycles. The van der Waals surface area contributed by atoms with Crippen LogP contribution in [0.3, 0.4) is 0 Å². The molecule has 2 aromatic rings. The molecule has 2 aromatic carbocycles. The Hall–Kier alpha value is -2.35. The van der Waals surface area contributed by atoms with Crippen LogP contribution < -0.4 is 0 Å². The predicted molar refractivity (Wildman–Crippen MR) is 89.8 cm³/mol. The van der Waals surface area contributed by atoms with Crippen LogP contribution in [0.5, 0.6) is 5.75 Å². The van der Waals surface area contributed by atoms with Crippen molar-refractivity contribution >= 4 is 0 Å². The van der Waals surface area contributed by atoms with Crippen LogP contribution in [-0.2, 0) is 13.1 Å². The quantitative estimate of drug-likeness (QED) is 0.943. The van der Waals surface area contributed by atoms with Crippen LogP contribution in [-0.4, -0.2) is 41.1 Å². The van der Waals surface area contributed by atoms with E-state index in [1.807, 2.05) is 36.4 Å². The van der Waals surface area contributed by atoms with Crippen molar-refractivity contribution in [1.82, 2.24) is 9.80 Å². The first-order chi connectivity index (χ1) is 11.2. The Morgan fingerprint density at radius 3 is 2.04 bits per heavy atom. The van der Waals surface area contributed by atoms with Crippen molar-refractivity contribution < 1.29 is 5.11 Å². The van der Waals surface area contributed by atoms with Crippen molar-refractivity contribution in [3.63, 3.8) is 0 Å². The van der Waals surface area contributed by atoms with Gasteiger partial charge in [0.2, 0.25) is 0 Å². The van der Waals surface area contributed by atoms with Gasteiger partial charge in [-0.15, -0.1) is 0 Å². The Bertz CT molecular complexity index is 683. The van der Waals surface area contributed by atoms with E-state index in [2.05, 4.69) is 21.9 Å². The summed E-state index contributed by atoms with van der Waals surface area (Å²) in [5, 5.41) is 18.4. The van der Waals surface area contributed by atoms with E-state index in [-0.39, 0.29) is 0 Å². The lowest BCUT2D eigenvalue weighted by molar-refractivity contribution is 0.122. The molecule has 0 atom stereocenters. The molecular weight excluding hydrogens is 286 g/mol. The third-order valence-corrected chi connectivity index (χ3v) is 4.27. The summed E-state index contributed by atoms with van der Waals surface area (Å²) in [5.41, 5.74) is 3.13. The van der Waals surface area contributed by atoms with Crippen molar-refractivity contribution in [2.24, 2.45) is 0 Å². The van der Waals surface area contributed by atoms with Crippen molar-refractivity contribution in [2.45, 2.75) is 13.1 Å². The first-order valence-corrected chi connectivity index (χ1v) is 7.94. The highest BCUT2D eigenvalue weighted by molar-refractivity contribution is 5.31. The van der Waals surface area contributed by atoms with E-state index in [0.29, 0.717) is 11.3 Å². The number of phenolic OH excluding ortho intramolecular Hbond substituents is 1. The molecule has 0 saturated carbocycles. The van der Waals surface area contributed by atoms with Crippen LogP contribution in [0.4, 0.5) is 0 Å². The van der Waals surface area contributed by atoms with Gasteiger partial charge in [-0.25, -0.2) is 0 Å². The highest BCUT2D eigenvalue weighted by atomic mass is 16.3. The summed E-state index contributed by atoms with van der Waals surface area (Å²) in [5.74, 6) is 0.335. The van der Waals surface area contributed by atoms with Gasteiger partial charge < -0.3 is 5.11 Å². The maximum atomic E-state index is 9.54. The first kappa shape index (κ1) is 15.5. The average Bonchev–Trinajstić information content (AvgIpc) is 2.57. The summed E-state index contributed by atoms with van der Waals surface area (Å²) in [6, 6.07) is 17.5. The molecule has 1 N–H and O–H groups in total. The minimum absolute atomic E-state index is 0.335. The number of nitrogens with zero attached hydrogens (tertiary/aromatic N) is 3. The third-order valence-electron chi connectivity index (χ3n) is 4.27. The second-order valence-corrected chi connectivity index (χ2v) is 6.03. The molecule has 0 unspecified atom stereocenters. The minimum atomic E-state index is 0.335. The number of hydrogen-bond donors (Lipinski definition) is 1. The molecule has 0 amide bonds. The second-order valence-electron chi connectivity index (χ2n) is 6.03. The van der Waals surface area contributed by atoms with Gasteiger partial charge in [0.25, 0.3) is 0 Å². The topological polar surface area (TPSA) is 50.5 Å². The number of aromatic hydroxyl groups is 1. The molecule has 4 heteroatoms. The summed E-state index contributed by atoms with van der Waals surface area (Å²) in [6.07, 6.45) is 0. The van der Waals surface area contributed by atoms with Crippen LogP contribution in [0, 0.1) is 11.3 Å². The number of hydrogen-bond acceptors (Lipinski definition) is 4. The fourth-order valence-electron chi connectivity index (χ4n) is 2.96. The Labute approximate surface area is 137 Å². The molecule has 23 heavy (non-hydrogen) atoms. The molecule has 0 radical (unpaired) electrons. The molecule has 0 aromatic heterocycles. The normalized spacial score (nSPS) is 16.1. The number of nitriles is 1. The van der Waals surface area contributed by atoms with E-state index in [4.69, 9.17) is 5.26 Å². The smallest absolute Gasteiger partial charge is 0.115 e. The molecule has 118 valence electrons. The Morgan fingerprint density at radius 2 is 1.48 bits per heavy atom. The van der Waals surface area contributed by atoms with Gasteiger partial charge in [-0.05, 0) is 35.4 Å². The lowest BCUT2D eigenvalue weighted by atomic mass is 10.1. The van der Waals surface area contributed by atoms with E-state index < -0.39 is 0 Å². The van der Waals surface area contributed by atoms with Crippen LogP contribution >= 0.6 is 0 Å². The lowest BCUT2D eigenvalue weighted by Crippen LogP contribution is -2.45. The van der Waals surface area contributed by atoms with Crippen molar-refractivity contribution in [3.05, 3.63) is 65.2 Å². The number of benzene rings is 2. The van der Waals surface area contributed by atoms with Crippen molar-refractivity contribution in [1.29, 1.82) is 5.26 Å². The summed E-state index contributed by atoms with van der Waals surface area (Å²) in [6.45, 7) is 5.97. The van der Waals surface area contributed by atoms with Crippen molar-refractivity contribution in [2.75, 3.05) is 26.2 Å². The maximum absolute atomic E-state index is 9.54. The van der Waals surface area contributed by atoms with E-state index in [1.165, 1.54) is 5.56 Å². The summed E-state index contributed by atoms with van der Waals surface area (Å²) in [4.78, 5) is 4.87. The molecule has 1 fully saturated rings. The molecule has 3 rings (SSSR count). The highest BCUT2D eigenvalue weighted by Gasteiger charge is 2.17. The number of rotatable bonds is 4. The van der Waals surface area contributed by atoms with Crippen LogP contribution in [0.25, 0.3) is 0 Å². The zero-order valence-corrected chi connectivity index (χ0v) is 13.2. The van der Waals surface area contributed by atoms with E-state index in [1.54, 1.807) is 6.07 Å². The van der Waals surface area contributed by atoms with Crippen LogP contribution in [0.2, 0.25) is 0 Å². The molecule has 1 saturated heterocycles. The fraction of sp³-hybridized carbons (Fsp3) is 0.316. The Kier molecular flexibility index (Phi) is 4.92. The zero-order chi connectivity index (χ0) is 16.1. The van der Waals surface area contributed by atoms with E-state index in [9.17, 15) is 5.11 Å². The molecule has 1 aliphatic rings. The summed E-state index contributed by atoms with van der Waals surface area (Å²) >= 11 is 0. The largest absolute Gasteiger partial charge is 0.508 e. The Balaban J connectivity index is 1.49. The van der Waals surface area contributed by atoms with Crippen LogP contribution in [0.15, 0.2) is 48.5 Å². The molecule has 0 bridgehead atoms. The highest BCUT2D eigenvalue weighted by Crippen LogP contribution is 2.15. The monoisotopic (exact) mass is 307 g/mol. The Morgan fingerprint density at radius 1 is 0.870 bits per heavy atom. The average molecular weight is 307 g/mol. The maximum Gasteiger partial charge on any atom is 0.115 e. The molecule has 4 nitrogen and oxygen atoms in total. The lowest BCUT2D eigenvalue weighted by Gasteiger charge is -2.34.